The highest BCUT2D eigenvalue weighted by Gasteiger charge is 2.34. The van der Waals surface area contributed by atoms with Crippen molar-refractivity contribution in [3.05, 3.63) is 35.9 Å². The van der Waals surface area contributed by atoms with E-state index in [0.717, 1.165) is 31.6 Å². The Hall–Kier alpha value is -1.55. The first kappa shape index (κ1) is 12.5. The van der Waals surface area contributed by atoms with Gasteiger partial charge in [0.15, 0.2) is 0 Å². The lowest BCUT2D eigenvalue weighted by molar-refractivity contribution is 0.159. The van der Waals surface area contributed by atoms with E-state index in [2.05, 4.69) is 10.6 Å². The molecule has 0 bridgehead atoms. The molecule has 2 saturated heterocycles. The largest absolute Gasteiger partial charge is 0.334 e. The number of fused-ring (bicyclic) bond motifs is 1. The van der Waals surface area contributed by atoms with Gasteiger partial charge in [-0.05, 0) is 30.9 Å². The number of piperidine rings is 1. The minimum atomic E-state index is 0.0780. The zero-order chi connectivity index (χ0) is 13.1. The molecule has 0 aliphatic carbocycles. The zero-order valence-corrected chi connectivity index (χ0v) is 11.1. The highest BCUT2D eigenvalue weighted by molar-refractivity contribution is 5.74. The quantitative estimate of drug-likeness (QED) is 0.847. The second-order valence-corrected chi connectivity index (χ2v) is 5.49. The van der Waals surface area contributed by atoms with Crippen molar-refractivity contribution in [2.75, 3.05) is 19.6 Å². The number of amides is 2. The highest BCUT2D eigenvalue weighted by atomic mass is 16.2. The van der Waals surface area contributed by atoms with Crippen LogP contribution in [0, 0.1) is 5.92 Å². The van der Waals surface area contributed by atoms with Gasteiger partial charge in [-0.25, -0.2) is 4.79 Å². The Kier molecular flexibility index (Phi) is 3.69. The van der Waals surface area contributed by atoms with Gasteiger partial charge in [0.1, 0.15) is 0 Å². The van der Waals surface area contributed by atoms with Gasteiger partial charge in [-0.3, -0.25) is 0 Å². The van der Waals surface area contributed by atoms with Crippen molar-refractivity contribution < 1.29 is 4.79 Å². The molecule has 3 rings (SSSR count). The van der Waals surface area contributed by atoms with Crippen LogP contribution in [0.4, 0.5) is 4.79 Å². The molecule has 102 valence electrons. The van der Waals surface area contributed by atoms with Gasteiger partial charge >= 0.3 is 6.03 Å². The summed E-state index contributed by atoms with van der Waals surface area (Å²) in [5.74, 6) is 0.649. The number of hydrogen-bond donors (Lipinski definition) is 2. The summed E-state index contributed by atoms with van der Waals surface area (Å²) in [7, 11) is 0. The van der Waals surface area contributed by atoms with Gasteiger partial charge in [0, 0.05) is 25.7 Å². The van der Waals surface area contributed by atoms with Gasteiger partial charge < -0.3 is 15.5 Å². The summed E-state index contributed by atoms with van der Waals surface area (Å²) in [5, 5.41) is 6.53. The van der Waals surface area contributed by atoms with E-state index in [1.807, 2.05) is 35.2 Å². The zero-order valence-electron chi connectivity index (χ0n) is 11.1. The summed E-state index contributed by atoms with van der Waals surface area (Å²) >= 11 is 0. The van der Waals surface area contributed by atoms with E-state index in [-0.39, 0.29) is 6.03 Å². The predicted molar refractivity (Wildman–Crippen MR) is 74.8 cm³/mol. The fraction of sp³-hybridized carbons (Fsp3) is 0.533. The van der Waals surface area contributed by atoms with E-state index < -0.39 is 0 Å². The molecule has 0 radical (unpaired) electrons. The third-order valence-corrected chi connectivity index (χ3v) is 4.23. The molecule has 1 aromatic carbocycles. The minimum absolute atomic E-state index is 0.0780. The molecule has 2 aliphatic heterocycles. The molecular weight excluding hydrogens is 238 g/mol. The molecule has 0 aromatic heterocycles. The topological polar surface area (TPSA) is 44.4 Å². The van der Waals surface area contributed by atoms with Crippen LogP contribution < -0.4 is 10.6 Å². The van der Waals surface area contributed by atoms with Crippen LogP contribution in [0.3, 0.4) is 0 Å². The van der Waals surface area contributed by atoms with Crippen LogP contribution in [-0.4, -0.2) is 36.6 Å². The Balaban J connectivity index is 1.50. The molecule has 2 heterocycles. The number of carbonyl (C=O) groups is 1. The number of carbonyl (C=O) groups excluding carboxylic acids is 1. The Labute approximate surface area is 114 Å². The van der Waals surface area contributed by atoms with E-state index in [4.69, 9.17) is 0 Å². The van der Waals surface area contributed by atoms with Gasteiger partial charge in [-0.1, -0.05) is 30.3 Å². The van der Waals surface area contributed by atoms with Crippen molar-refractivity contribution in [2.45, 2.75) is 25.4 Å². The van der Waals surface area contributed by atoms with Crippen molar-refractivity contribution in [2.24, 2.45) is 5.92 Å². The van der Waals surface area contributed by atoms with E-state index in [1.54, 1.807) is 0 Å². The summed E-state index contributed by atoms with van der Waals surface area (Å²) in [6.07, 6.45) is 2.29. The van der Waals surface area contributed by atoms with Crippen molar-refractivity contribution in [3.8, 4) is 0 Å². The Bertz CT molecular complexity index is 434. The van der Waals surface area contributed by atoms with E-state index in [9.17, 15) is 4.79 Å². The third-order valence-electron chi connectivity index (χ3n) is 4.23. The summed E-state index contributed by atoms with van der Waals surface area (Å²) in [5.41, 5.74) is 1.15. The number of rotatable bonds is 2. The first-order valence-corrected chi connectivity index (χ1v) is 7.13. The molecule has 0 spiro atoms. The molecule has 4 heteroatoms. The SMILES string of the molecule is O=C(NCc1ccccc1)N1CCC2NCCC2C1. The molecule has 4 nitrogen and oxygen atoms in total. The second-order valence-electron chi connectivity index (χ2n) is 5.49. The third kappa shape index (κ3) is 2.89. The molecule has 0 saturated carbocycles. The van der Waals surface area contributed by atoms with E-state index >= 15 is 0 Å². The number of nitrogens with one attached hydrogen (secondary N) is 2. The number of nitrogens with zero attached hydrogens (tertiary/aromatic N) is 1. The standard InChI is InChI=1S/C15H21N3O/c19-15(17-10-12-4-2-1-3-5-12)18-9-7-14-13(11-18)6-8-16-14/h1-5,13-14,16H,6-11H2,(H,17,19). The monoisotopic (exact) mass is 259 g/mol. The molecule has 2 atom stereocenters. The normalized spacial score (nSPS) is 26.0. The maximum Gasteiger partial charge on any atom is 0.317 e. The van der Waals surface area contributed by atoms with Crippen LogP contribution >= 0.6 is 0 Å². The summed E-state index contributed by atoms with van der Waals surface area (Å²) in [4.78, 5) is 14.1. The number of urea groups is 1. The second kappa shape index (κ2) is 5.61. The minimum Gasteiger partial charge on any atom is -0.334 e. The molecule has 2 unspecified atom stereocenters. The van der Waals surface area contributed by atoms with Crippen LogP contribution in [0.15, 0.2) is 30.3 Å². The average molecular weight is 259 g/mol. The first-order valence-electron chi connectivity index (χ1n) is 7.13. The van der Waals surface area contributed by atoms with Crippen molar-refractivity contribution in [1.29, 1.82) is 0 Å². The van der Waals surface area contributed by atoms with Gasteiger partial charge in [-0.2, -0.15) is 0 Å². The van der Waals surface area contributed by atoms with Crippen LogP contribution in [-0.2, 0) is 6.54 Å². The van der Waals surface area contributed by atoms with Gasteiger partial charge in [-0.15, -0.1) is 0 Å². The summed E-state index contributed by atoms with van der Waals surface area (Å²) in [6.45, 7) is 3.49. The lowest BCUT2D eigenvalue weighted by atomic mass is 9.94. The number of benzene rings is 1. The number of likely N-dealkylation sites (tertiary alicyclic amines) is 1. The van der Waals surface area contributed by atoms with Crippen LogP contribution in [0.5, 0.6) is 0 Å². The van der Waals surface area contributed by atoms with Gasteiger partial charge in [0.05, 0.1) is 0 Å². The van der Waals surface area contributed by atoms with Gasteiger partial charge in [0.2, 0.25) is 0 Å². The molecule has 2 N–H and O–H groups in total. The smallest absolute Gasteiger partial charge is 0.317 e. The van der Waals surface area contributed by atoms with E-state index in [1.165, 1.54) is 6.42 Å². The van der Waals surface area contributed by atoms with Crippen LogP contribution in [0.2, 0.25) is 0 Å². The first-order chi connectivity index (χ1) is 9.33. The average Bonchev–Trinajstić information content (AvgIpc) is 2.93. The lowest BCUT2D eigenvalue weighted by Gasteiger charge is -2.34. The molecule has 19 heavy (non-hydrogen) atoms. The Morgan fingerprint density at radius 1 is 1.32 bits per heavy atom. The molecule has 1 aromatic rings. The maximum absolute atomic E-state index is 12.2. The molecule has 2 fully saturated rings. The lowest BCUT2D eigenvalue weighted by Crippen LogP contribution is -2.50. The highest BCUT2D eigenvalue weighted by Crippen LogP contribution is 2.24. The van der Waals surface area contributed by atoms with Crippen LogP contribution in [0.1, 0.15) is 18.4 Å². The maximum atomic E-state index is 12.2. The van der Waals surface area contributed by atoms with Crippen molar-refractivity contribution in [3.63, 3.8) is 0 Å². The Morgan fingerprint density at radius 2 is 2.16 bits per heavy atom. The molecule has 2 aliphatic rings. The van der Waals surface area contributed by atoms with E-state index in [0.29, 0.717) is 18.5 Å². The van der Waals surface area contributed by atoms with Crippen molar-refractivity contribution in [1.82, 2.24) is 15.5 Å². The Morgan fingerprint density at radius 3 is 3.00 bits per heavy atom. The fourth-order valence-electron chi connectivity index (χ4n) is 3.12. The summed E-state index contributed by atoms with van der Waals surface area (Å²) in [6, 6.07) is 10.8. The predicted octanol–water partition coefficient (Wildman–Crippen LogP) is 1.58. The number of hydrogen-bond acceptors (Lipinski definition) is 2. The van der Waals surface area contributed by atoms with Crippen molar-refractivity contribution >= 4 is 6.03 Å². The molecule has 2 amide bonds. The van der Waals surface area contributed by atoms with Gasteiger partial charge in [0.25, 0.3) is 0 Å². The van der Waals surface area contributed by atoms with Crippen LogP contribution in [0.25, 0.3) is 0 Å². The summed E-state index contributed by atoms with van der Waals surface area (Å²) < 4.78 is 0. The molecular formula is C15H21N3O. The fourth-order valence-corrected chi connectivity index (χ4v) is 3.12.